The van der Waals surface area contributed by atoms with Gasteiger partial charge in [-0.05, 0) is 23.4 Å². The molecule has 4 N–H and O–H groups in total. The molecule has 2 rings (SSSR count). The Labute approximate surface area is 98.4 Å². The monoisotopic (exact) mass is 234 g/mol. The zero-order valence-electron chi connectivity index (χ0n) is 9.60. The second kappa shape index (κ2) is 3.73. The molecule has 0 unspecified atom stereocenters. The molecule has 4 heteroatoms. The number of benzene rings is 2. The van der Waals surface area contributed by atoms with Gasteiger partial charge in [-0.1, -0.05) is 13.8 Å². The second-order valence-electron chi connectivity index (χ2n) is 4.38. The number of phenols is 4. The van der Waals surface area contributed by atoms with Gasteiger partial charge in [0.05, 0.1) is 5.39 Å². The molecule has 90 valence electrons. The lowest BCUT2D eigenvalue weighted by molar-refractivity contribution is 0.432. The zero-order chi connectivity index (χ0) is 12.7. The van der Waals surface area contributed by atoms with Gasteiger partial charge in [0, 0.05) is 11.6 Å². The summed E-state index contributed by atoms with van der Waals surface area (Å²) >= 11 is 0. The predicted molar refractivity (Wildman–Crippen MR) is 64.7 cm³/mol. The minimum absolute atomic E-state index is 0.0463. The van der Waals surface area contributed by atoms with Crippen molar-refractivity contribution in [3.8, 4) is 23.0 Å². The molecule has 0 saturated heterocycles. The fourth-order valence-electron chi connectivity index (χ4n) is 2.06. The Kier molecular flexibility index (Phi) is 2.50. The molecule has 0 aliphatic rings. The van der Waals surface area contributed by atoms with Crippen molar-refractivity contribution in [1.29, 1.82) is 0 Å². The van der Waals surface area contributed by atoms with E-state index in [-0.39, 0.29) is 34.3 Å². The van der Waals surface area contributed by atoms with E-state index in [1.54, 1.807) is 0 Å². The summed E-state index contributed by atoms with van der Waals surface area (Å²) in [5, 5.41) is 39.6. The van der Waals surface area contributed by atoms with Crippen molar-refractivity contribution in [2.24, 2.45) is 0 Å². The van der Waals surface area contributed by atoms with E-state index < -0.39 is 0 Å². The molecule has 0 radical (unpaired) electrons. The maximum absolute atomic E-state index is 10.1. The molecule has 0 fully saturated rings. The van der Waals surface area contributed by atoms with Crippen LogP contribution in [0.5, 0.6) is 23.0 Å². The summed E-state index contributed by atoms with van der Waals surface area (Å²) in [6.45, 7) is 3.66. The number of hydrogen-bond acceptors (Lipinski definition) is 4. The summed E-state index contributed by atoms with van der Waals surface area (Å²) in [5.41, 5.74) is 0.387. The molecule has 0 bridgehead atoms. The van der Waals surface area contributed by atoms with E-state index in [1.807, 2.05) is 13.8 Å². The Morgan fingerprint density at radius 2 is 1.53 bits per heavy atom. The highest BCUT2D eigenvalue weighted by molar-refractivity contribution is 5.97. The zero-order valence-corrected chi connectivity index (χ0v) is 9.60. The lowest BCUT2D eigenvalue weighted by Gasteiger charge is -2.14. The van der Waals surface area contributed by atoms with E-state index >= 15 is 0 Å². The molecule has 0 heterocycles. The van der Waals surface area contributed by atoms with Gasteiger partial charge in [-0.25, -0.2) is 0 Å². The first-order valence-corrected chi connectivity index (χ1v) is 5.32. The highest BCUT2D eigenvalue weighted by Gasteiger charge is 2.18. The van der Waals surface area contributed by atoms with Gasteiger partial charge >= 0.3 is 0 Å². The van der Waals surface area contributed by atoms with Crippen molar-refractivity contribution in [1.82, 2.24) is 0 Å². The van der Waals surface area contributed by atoms with Gasteiger partial charge in [-0.3, -0.25) is 0 Å². The Bertz CT molecular complexity index is 588. The molecular formula is C13H14O4. The SMILES string of the molecule is CC(C)c1c(O)cc2cc(O)cc(O)c2c1O. The van der Waals surface area contributed by atoms with Crippen molar-refractivity contribution < 1.29 is 20.4 Å². The molecule has 0 spiro atoms. The van der Waals surface area contributed by atoms with Crippen molar-refractivity contribution in [3.63, 3.8) is 0 Å². The van der Waals surface area contributed by atoms with Crippen LogP contribution in [0.2, 0.25) is 0 Å². The molecule has 0 amide bonds. The summed E-state index contributed by atoms with van der Waals surface area (Å²) in [6.07, 6.45) is 0. The van der Waals surface area contributed by atoms with E-state index in [4.69, 9.17) is 0 Å². The van der Waals surface area contributed by atoms with E-state index in [2.05, 4.69) is 0 Å². The van der Waals surface area contributed by atoms with Crippen LogP contribution in [-0.4, -0.2) is 20.4 Å². The first-order valence-electron chi connectivity index (χ1n) is 5.32. The second-order valence-corrected chi connectivity index (χ2v) is 4.38. The average Bonchev–Trinajstić information content (AvgIpc) is 2.13. The third-order valence-electron chi connectivity index (χ3n) is 2.77. The van der Waals surface area contributed by atoms with Gasteiger partial charge in [-0.15, -0.1) is 0 Å². The van der Waals surface area contributed by atoms with Crippen LogP contribution < -0.4 is 0 Å². The molecule has 0 aliphatic carbocycles. The third kappa shape index (κ3) is 1.71. The maximum atomic E-state index is 10.1. The fraction of sp³-hybridized carbons (Fsp3) is 0.231. The van der Waals surface area contributed by atoms with Crippen LogP contribution in [0.15, 0.2) is 18.2 Å². The standard InChI is InChI=1S/C13H14O4/c1-6(2)11-9(15)4-7-3-8(14)5-10(16)12(7)13(11)17/h3-6,14-17H,1-2H3. The van der Waals surface area contributed by atoms with Crippen LogP contribution in [0.1, 0.15) is 25.3 Å². The smallest absolute Gasteiger partial charge is 0.134 e. The Morgan fingerprint density at radius 3 is 2.12 bits per heavy atom. The van der Waals surface area contributed by atoms with Crippen molar-refractivity contribution in [2.75, 3.05) is 0 Å². The lowest BCUT2D eigenvalue weighted by Crippen LogP contribution is -1.91. The van der Waals surface area contributed by atoms with Crippen LogP contribution in [0, 0.1) is 0 Å². The number of aromatic hydroxyl groups is 4. The van der Waals surface area contributed by atoms with Crippen LogP contribution in [-0.2, 0) is 0 Å². The summed E-state index contributed by atoms with van der Waals surface area (Å²) in [4.78, 5) is 0. The Balaban J connectivity index is 2.92. The highest BCUT2D eigenvalue weighted by Crippen LogP contribution is 2.44. The quantitative estimate of drug-likeness (QED) is 0.611. The highest BCUT2D eigenvalue weighted by atomic mass is 16.3. The van der Waals surface area contributed by atoms with Gasteiger partial charge in [-0.2, -0.15) is 0 Å². The largest absolute Gasteiger partial charge is 0.508 e. The van der Waals surface area contributed by atoms with Crippen molar-refractivity contribution >= 4 is 10.8 Å². The number of hydrogen-bond donors (Lipinski definition) is 4. The average molecular weight is 234 g/mol. The third-order valence-corrected chi connectivity index (χ3v) is 2.77. The molecule has 17 heavy (non-hydrogen) atoms. The number of rotatable bonds is 1. The molecule has 4 nitrogen and oxygen atoms in total. The van der Waals surface area contributed by atoms with E-state index in [0.29, 0.717) is 10.9 Å². The first kappa shape index (κ1) is 11.4. The molecule has 2 aromatic carbocycles. The molecule has 0 aliphatic heterocycles. The molecule has 0 aromatic heterocycles. The van der Waals surface area contributed by atoms with Gasteiger partial charge < -0.3 is 20.4 Å². The van der Waals surface area contributed by atoms with Gasteiger partial charge in [0.2, 0.25) is 0 Å². The maximum Gasteiger partial charge on any atom is 0.134 e. The van der Waals surface area contributed by atoms with Crippen molar-refractivity contribution in [3.05, 3.63) is 23.8 Å². The minimum Gasteiger partial charge on any atom is -0.508 e. The Hall–Kier alpha value is -2.10. The topological polar surface area (TPSA) is 80.9 Å². The summed E-state index contributed by atoms with van der Waals surface area (Å²) in [6, 6.07) is 3.95. The molecule has 2 aromatic rings. The van der Waals surface area contributed by atoms with Crippen LogP contribution >= 0.6 is 0 Å². The summed E-state index contributed by atoms with van der Waals surface area (Å²) in [5.74, 6) is -0.597. The van der Waals surface area contributed by atoms with Crippen molar-refractivity contribution in [2.45, 2.75) is 19.8 Å². The number of phenolic OH excluding ortho intramolecular Hbond substituents is 4. The van der Waals surface area contributed by atoms with E-state index in [0.717, 1.165) is 6.07 Å². The Morgan fingerprint density at radius 1 is 0.882 bits per heavy atom. The van der Waals surface area contributed by atoms with Crippen LogP contribution in [0.3, 0.4) is 0 Å². The molecule has 0 saturated carbocycles. The van der Waals surface area contributed by atoms with Gasteiger partial charge in [0.25, 0.3) is 0 Å². The number of fused-ring (bicyclic) bond motifs is 1. The molecular weight excluding hydrogens is 220 g/mol. The van der Waals surface area contributed by atoms with E-state index in [1.165, 1.54) is 12.1 Å². The van der Waals surface area contributed by atoms with Gasteiger partial charge in [0.1, 0.15) is 23.0 Å². The predicted octanol–water partition coefficient (Wildman–Crippen LogP) is 2.79. The van der Waals surface area contributed by atoms with Crippen LogP contribution in [0.4, 0.5) is 0 Å². The minimum atomic E-state index is -0.209. The van der Waals surface area contributed by atoms with Crippen LogP contribution in [0.25, 0.3) is 10.8 Å². The normalized spacial score (nSPS) is 11.2. The molecule has 0 atom stereocenters. The summed E-state index contributed by atoms with van der Waals surface area (Å²) in [7, 11) is 0. The van der Waals surface area contributed by atoms with E-state index in [9.17, 15) is 20.4 Å². The first-order chi connectivity index (χ1) is 7.91. The summed E-state index contributed by atoms with van der Waals surface area (Å²) < 4.78 is 0. The van der Waals surface area contributed by atoms with Gasteiger partial charge in [0.15, 0.2) is 0 Å². The fourth-order valence-corrected chi connectivity index (χ4v) is 2.06. The lowest BCUT2D eigenvalue weighted by atomic mass is 9.96.